The first-order chi connectivity index (χ1) is 42.0. The predicted molar refractivity (Wildman–Crippen MR) is 355 cm³/mol. The molecule has 6 unspecified atom stereocenters. The maximum absolute atomic E-state index is 11.2. The highest BCUT2D eigenvalue weighted by molar-refractivity contribution is 9.08. The van der Waals surface area contributed by atoms with Gasteiger partial charge in [0.1, 0.15) is 6.04 Å². The van der Waals surface area contributed by atoms with Gasteiger partial charge in [0.25, 0.3) is 0 Å². The van der Waals surface area contributed by atoms with E-state index in [4.69, 9.17) is 35.6 Å². The van der Waals surface area contributed by atoms with Crippen molar-refractivity contribution in [1.29, 1.82) is 0 Å². The zero-order valence-electron chi connectivity index (χ0n) is 54.1. The van der Waals surface area contributed by atoms with Crippen LogP contribution in [0.2, 0.25) is 0 Å². The molecule has 6 N–H and O–H groups in total. The van der Waals surface area contributed by atoms with Crippen molar-refractivity contribution in [3.8, 4) is 0 Å². The van der Waals surface area contributed by atoms with Gasteiger partial charge in [-0.2, -0.15) is 0 Å². The van der Waals surface area contributed by atoms with Crippen molar-refractivity contribution in [1.82, 2.24) is 0 Å². The lowest BCUT2D eigenvalue weighted by atomic mass is 9.99. The minimum atomic E-state index is -1.00. The van der Waals surface area contributed by atoms with Gasteiger partial charge in [-0.1, -0.05) is 236 Å². The van der Waals surface area contributed by atoms with E-state index < -0.39 is 18.0 Å². The SMILES string of the molecule is CC(Cc1ccccc1)[C@H]1CO1.CCC.CCc1ccc(CC(C)C(=O)O)cc1.CCc1ccc(CC(C)C(=O)OC)cc1.COC(=O)C(C)Cc1ccc(CBr)cc1.COC(=O)C(C)Cc1ccc(CO)cc1.NC(Cc1ccc(CO)cc1)C(=O)O. The fourth-order valence-corrected chi connectivity index (χ4v) is 8.72. The molecule has 0 bridgehead atoms. The second kappa shape index (κ2) is 46.2. The fourth-order valence-electron chi connectivity index (χ4n) is 8.35. The molecule has 0 aliphatic carbocycles. The van der Waals surface area contributed by atoms with Crippen LogP contribution in [0.3, 0.4) is 0 Å². The number of aliphatic hydroxyl groups is 2. The van der Waals surface area contributed by atoms with Crippen molar-refractivity contribution < 1.29 is 63.3 Å². The number of hydrogen-bond donors (Lipinski definition) is 5. The van der Waals surface area contributed by atoms with Gasteiger partial charge in [0.15, 0.2) is 0 Å². The van der Waals surface area contributed by atoms with E-state index in [1.54, 1.807) is 31.2 Å². The van der Waals surface area contributed by atoms with Crippen LogP contribution in [0, 0.1) is 29.6 Å². The van der Waals surface area contributed by atoms with E-state index in [2.05, 4.69) is 151 Å². The smallest absolute Gasteiger partial charge is 0.320 e. The largest absolute Gasteiger partial charge is 0.481 e. The van der Waals surface area contributed by atoms with E-state index >= 15 is 0 Å². The first-order valence-corrected chi connectivity index (χ1v) is 31.4. The van der Waals surface area contributed by atoms with E-state index in [-0.39, 0.29) is 54.8 Å². The topological polar surface area (TPSA) is 233 Å². The third-order valence-corrected chi connectivity index (χ3v) is 14.7. The maximum Gasteiger partial charge on any atom is 0.320 e. The molecule has 0 spiro atoms. The predicted octanol–water partition coefficient (Wildman–Crippen LogP) is 13.4. The first kappa shape index (κ1) is 79.0. The highest BCUT2D eigenvalue weighted by atomic mass is 79.9. The third kappa shape index (κ3) is 34.5. The Bertz CT molecular complexity index is 2600. The molecule has 482 valence electrons. The maximum atomic E-state index is 11.2. The second-order valence-electron chi connectivity index (χ2n) is 22.0. The van der Waals surface area contributed by atoms with Crippen molar-refractivity contribution in [3.05, 3.63) is 213 Å². The van der Waals surface area contributed by atoms with Crippen molar-refractivity contribution in [2.24, 2.45) is 35.3 Å². The summed E-state index contributed by atoms with van der Waals surface area (Å²) in [6.07, 6.45) is 8.06. The molecule has 1 saturated heterocycles. The molecular weight excluding hydrogens is 1180 g/mol. The Morgan fingerprint density at radius 1 is 0.443 bits per heavy atom. The van der Waals surface area contributed by atoms with Gasteiger partial charge >= 0.3 is 29.8 Å². The van der Waals surface area contributed by atoms with Gasteiger partial charge in [-0.3, -0.25) is 24.0 Å². The van der Waals surface area contributed by atoms with E-state index in [1.807, 2.05) is 57.2 Å². The monoisotopic (exact) mass is 1280 g/mol. The molecule has 1 heterocycles. The Morgan fingerprint density at radius 2 is 0.716 bits per heavy atom. The van der Waals surface area contributed by atoms with Crippen LogP contribution < -0.4 is 5.73 Å². The number of nitrogens with two attached hydrogens (primary N) is 1. The first-order valence-electron chi connectivity index (χ1n) is 30.3. The number of benzene rings is 6. The molecule has 0 saturated carbocycles. The van der Waals surface area contributed by atoms with Gasteiger partial charge in [-0.05, 0) is 118 Å². The Morgan fingerprint density at radius 3 is 0.977 bits per heavy atom. The number of hydrogen-bond acceptors (Lipinski definition) is 12. The summed E-state index contributed by atoms with van der Waals surface area (Å²) in [7, 11) is 4.25. The van der Waals surface area contributed by atoms with Gasteiger partial charge in [-0.25, -0.2) is 0 Å². The number of aryl methyl sites for hydroxylation is 2. The van der Waals surface area contributed by atoms with Crippen LogP contribution in [0.5, 0.6) is 0 Å². The molecule has 6 aromatic carbocycles. The lowest BCUT2D eigenvalue weighted by Gasteiger charge is -2.09. The zero-order chi connectivity index (χ0) is 66.0. The summed E-state index contributed by atoms with van der Waals surface area (Å²) < 4.78 is 19.3. The van der Waals surface area contributed by atoms with Crippen LogP contribution in [0.4, 0.5) is 0 Å². The summed E-state index contributed by atoms with van der Waals surface area (Å²) >= 11 is 3.39. The number of carbonyl (C=O) groups excluding carboxylic acids is 3. The number of epoxide rings is 1. The number of carboxylic acid groups (broad SMARTS) is 2. The van der Waals surface area contributed by atoms with Crippen molar-refractivity contribution in [2.45, 2.75) is 151 Å². The minimum Gasteiger partial charge on any atom is -0.481 e. The average molecular weight is 1280 g/mol. The van der Waals surface area contributed by atoms with Crippen LogP contribution in [0.15, 0.2) is 152 Å². The molecule has 15 heteroatoms. The molecule has 14 nitrogen and oxygen atoms in total. The summed E-state index contributed by atoms with van der Waals surface area (Å²) in [4.78, 5) is 54.7. The third-order valence-electron chi connectivity index (χ3n) is 14.0. The van der Waals surface area contributed by atoms with Gasteiger partial charge in [0, 0.05) is 5.33 Å². The minimum absolute atomic E-state index is 0.00867. The molecule has 88 heavy (non-hydrogen) atoms. The average Bonchev–Trinajstić information content (AvgIpc) is 4.55. The van der Waals surface area contributed by atoms with E-state index in [0.29, 0.717) is 31.3 Å². The van der Waals surface area contributed by atoms with Crippen LogP contribution in [0.25, 0.3) is 0 Å². The van der Waals surface area contributed by atoms with E-state index in [1.165, 1.54) is 55.6 Å². The number of carbonyl (C=O) groups is 5. The molecule has 0 radical (unpaired) electrons. The van der Waals surface area contributed by atoms with Crippen LogP contribution in [0.1, 0.15) is 130 Å². The number of esters is 3. The Hall–Kier alpha value is -7.01. The molecule has 7 atom stereocenters. The van der Waals surface area contributed by atoms with Crippen LogP contribution in [-0.2, 0) is 113 Å². The molecule has 1 aliphatic heterocycles. The van der Waals surface area contributed by atoms with Crippen molar-refractivity contribution in [2.75, 3.05) is 27.9 Å². The molecule has 1 fully saturated rings. The van der Waals surface area contributed by atoms with E-state index in [0.717, 1.165) is 77.4 Å². The lowest BCUT2D eigenvalue weighted by Crippen LogP contribution is -2.32. The van der Waals surface area contributed by atoms with Gasteiger partial charge in [-0.15, -0.1) is 0 Å². The fraction of sp³-hybridized carbons (Fsp3) is 0.438. The molecule has 0 amide bonds. The zero-order valence-corrected chi connectivity index (χ0v) is 55.7. The summed E-state index contributed by atoms with van der Waals surface area (Å²) in [6, 6.07) is 49.1. The number of alkyl halides is 1. The summed E-state index contributed by atoms with van der Waals surface area (Å²) in [6.45, 7) is 19.1. The van der Waals surface area contributed by atoms with Crippen LogP contribution in [-0.4, -0.2) is 90.4 Å². The van der Waals surface area contributed by atoms with Gasteiger partial charge < -0.3 is 45.1 Å². The van der Waals surface area contributed by atoms with Gasteiger partial charge in [0.2, 0.25) is 0 Å². The number of rotatable bonds is 23. The number of aliphatic carboxylic acids is 2. The number of methoxy groups -OCH3 is 3. The number of ether oxygens (including phenoxy) is 4. The van der Waals surface area contributed by atoms with Crippen molar-refractivity contribution in [3.63, 3.8) is 0 Å². The molecular formula is C73H100BrNO13. The number of carboxylic acids is 2. The molecule has 6 aromatic rings. The molecule has 1 aliphatic rings. The van der Waals surface area contributed by atoms with Crippen molar-refractivity contribution >= 4 is 45.8 Å². The Balaban J connectivity index is 0.000000523. The van der Waals surface area contributed by atoms with Gasteiger partial charge in [0.05, 0.1) is 70.9 Å². The van der Waals surface area contributed by atoms with Crippen LogP contribution >= 0.6 is 15.9 Å². The summed E-state index contributed by atoms with van der Waals surface area (Å²) in [5, 5.41) is 35.8. The highest BCUT2D eigenvalue weighted by Gasteiger charge is 2.29. The molecule has 7 rings (SSSR count). The standard InChI is InChI=1S/C13H18O2.C12H15BrO2.C12H16O3.C12H16O2.C11H14O.C10H13NO3.C3H8/c1-4-11-5-7-12(8-6-11)9-10(2)13(14)15-3;2*1-9(12(14)15-2)7-10-3-5-11(8-13)6-4-10;1-3-10-4-6-11(7-5-10)8-9(2)12(13)14;1-9(11-8-12-11)7-10-5-3-2-4-6-10;11-9(10(13)14)5-7-1-3-8(6-12)4-2-7;1-3-2/h5-8,10H,4,9H2,1-3H3;3-6,9H,7-8H2,1-2H3;3-6,9,13H,7-8H2,1-2H3;4-7,9H,3,8H2,1-2H3,(H,13,14);2-6,9,11H,7-8H2,1H3;1-4,9,12H,5-6,11H2,(H,13,14);3H2,1-2H3/t;;;;9?,11-;;/m....1../s1. The summed E-state index contributed by atoms with van der Waals surface area (Å²) in [5.41, 5.74) is 17.7. The highest BCUT2D eigenvalue weighted by Crippen LogP contribution is 2.23. The number of aliphatic hydroxyl groups excluding tert-OH is 2. The second-order valence-corrected chi connectivity index (χ2v) is 22.5. The molecule has 0 aromatic heterocycles. The number of halogens is 1. The summed E-state index contributed by atoms with van der Waals surface area (Å²) in [5.74, 6) is -2.13. The lowest BCUT2D eigenvalue weighted by molar-refractivity contribution is -0.145. The van der Waals surface area contributed by atoms with E-state index in [9.17, 15) is 24.0 Å². The normalized spacial score (nSPS) is 13.6. The Kier molecular flexibility index (Phi) is 41.4. The quantitative estimate of drug-likeness (QED) is 0.0174. The Labute approximate surface area is 533 Å².